The van der Waals surface area contributed by atoms with Gasteiger partial charge >= 0.3 is 0 Å². The van der Waals surface area contributed by atoms with Gasteiger partial charge in [0.05, 0.1) is 0 Å². The predicted octanol–water partition coefficient (Wildman–Crippen LogP) is 1.82. The highest BCUT2D eigenvalue weighted by molar-refractivity contribution is 7.73. The van der Waals surface area contributed by atoms with Gasteiger partial charge in [-0.1, -0.05) is 17.4 Å². The largest absolute Gasteiger partial charge is 0.384 e. The number of piperidine rings is 1. The van der Waals surface area contributed by atoms with Crippen molar-refractivity contribution in [2.45, 2.75) is 18.9 Å². The van der Waals surface area contributed by atoms with Crippen LogP contribution in [-0.4, -0.2) is 33.0 Å². The lowest BCUT2D eigenvalue weighted by Gasteiger charge is -2.42. The number of fused-ring (bicyclic) bond motifs is 4. The SMILES string of the molecule is Cn1c(N)c(C(=O)N2CC3CC(C2)c2cccc(=O)n2C3)sc1=S. The van der Waals surface area contributed by atoms with E-state index < -0.39 is 0 Å². The molecule has 2 bridgehead atoms. The molecule has 0 radical (unpaired) electrons. The number of thiazole rings is 1. The van der Waals surface area contributed by atoms with Gasteiger partial charge in [0.15, 0.2) is 3.95 Å². The van der Waals surface area contributed by atoms with E-state index in [1.165, 1.54) is 11.3 Å². The maximum atomic E-state index is 12.9. The van der Waals surface area contributed by atoms with E-state index in [1.54, 1.807) is 23.7 Å². The Morgan fingerprint density at radius 3 is 2.83 bits per heavy atom. The number of nitrogen functional groups attached to an aromatic ring is 1. The third kappa shape index (κ3) is 2.32. The number of rotatable bonds is 1. The molecule has 1 fully saturated rings. The van der Waals surface area contributed by atoms with Crippen molar-refractivity contribution >= 4 is 35.3 Å². The van der Waals surface area contributed by atoms with Gasteiger partial charge in [-0.2, -0.15) is 0 Å². The van der Waals surface area contributed by atoms with Gasteiger partial charge in [-0.25, -0.2) is 0 Å². The molecular formula is C16H18N4O2S2. The maximum Gasteiger partial charge on any atom is 0.267 e. The van der Waals surface area contributed by atoms with E-state index in [-0.39, 0.29) is 17.4 Å². The molecule has 1 saturated heterocycles. The van der Waals surface area contributed by atoms with Crippen LogP contribution in [0.2, 0.25) is 0 Å². The quantitative estimate of drug-likeness (QED) is 0.786. The Balaban J connectivity index is 1.66. The van der Waals surface area contributed by atoms with Gasteiger partial charge in [0.1, 0.15) is 10.7 Å². The van der Waals surface area contributed by atoms with Gasteiger partial charge in [-0.15, -0.1) is 0 Å². The molecule has 8 heteroatoms. The lowest BCUT2D eigenvalue weighted by Crippen LogP contribution is -2.49. The normalized spacial score (nSPS) is 22.3. The summed E-state index contributed by atoms with van der Waals surface area (Å²) in [5.74, 6) is 0.888. The summed E-state index contributed by atoms with van der Waals surface area (Å²) in [7, 11) is 1.78. The number of carbonyl (C=O) groups excluding carboxylic acids is 1. The van der Waals surface area contributed by atoms with Crippen LogP contribution in [0.25, 0.3) is 0 Å². The zero-order valence-electron chi connectivity index (χ0n) is 13.3. The number of hydrogen-bond acceptors (Lipinski definition) is 5. The molecule has 1 amide bonds. The molecule has 126 valence electrons. The fourth-order valence-corrected chi connectivity index (χ4v) is 5.03. The zero-order valence-corrected chi connectivity index (χ0v) is 14.9. The first kappa shape index (κ1) is 15.6. The standard InChI is InChI=1S/C16H18N4O2S2/c1-18-14(17)13(24-16(18)23)15(22)19-6-9-5-10(8-19)11-3-2-4-12(21)20(11)7-9/h2-4,9-10H,5-8,17H2,1H3. The third-order valence-electron chi connectivity index (χ3n) is 5.02. The van der Waals surface area contributed by atoms with Crippen LogP contribution >= 0.6 is 23.6 Å². The minimum Gasteiger partial charge on any atom is -0.384 e. The maximum absolute atomic E-state index is 12.9. The van der Waals surface area contributed by atoms with Crippen LogP contribution in [0.3, 0.4) is 0 Å². The number of nitrogens with two attached hydrogens (primary N) is 1. The monoisotopic (exact) mass is 362 g/mol. The van der Waals surface area contributed by atoms with Crippen molar-refractivity contribution in [3.63, 3.8) is 0 Å². The first-order valence-corrected chi connectivity index (χ1v) is 9.12. The Hall–Kier alpha value is -1.93. The molecule has 6 nitrogen and oxygen atoms in total. The number of pyridine rings is 1. The van der Waals surface area contributed by atoms with Gasteiger partial charge < -0.3 is 19.8 Å². The molecule has 4 rings (SSSR count). The average Bonchev–Trinajstić information content (AvgIpc) is 2.82. The van der Waals surface area contributed by atoms with Crippen LogP contribution in [0.5, 0.6) is 0 Å². The zero-order chi connectivity index (χ0) is 17.0. The highest BCUT2D eigenvalue weighted by Crippen LogP contribution is 2.36. The van der Waals surface area contributed by atoms with Crippen LogP contribution in [0.1, 0.15) is 27.7 Å². The lowest BCUT2D eigenvalue weighted by molar-refractivity contribution is 0.0600. The minimum absolute atomic E-state index is 0.0484. The molecule has 2 aliphatic rings. The number of anilines is 1. The fourth-order valence-electron chi connectivity index (χ4n) is 3.82. The number of hydrogen-bond donors (Lipinski definition) is 1. The molecule has 2 atom stereocenters. The van der Waals surface area contributed by atoms with Gasteiger partial charge in [0.25, 0.3) is 11.5 Å². The molecule has 4 heterocycles. The molecule has 2 aliphatic heterocycles. The van der Waals surface area contributed by atoms with E-state index in [0.29, 0.717) is 40.2 Å². The molecule has 0 aromatic carbocycles. The number of likely N-dealkylation sites (tertiary alicyclic amines) is 1. The second kappa shape index (κ2) is 5.56. The van der Waals surface area contributed by atoms with Gasteiger partial charge in [0.2, 0.25) is 0 Å². The third-order valence-corrected chi connectivity index (χ3v) is 6.58. The van der Waals surface area contributed by atoms with Crippen molar-refractivity contribution in [1.82, 2.24) is 14.0 Å². The second-order valence-corrected chi connectivity index (χ2v) is 8.19. The van der Waals surface area contributed by atoms with Gasteiger partial charge in [-0.3, -0.25) is 9.59 Å². The van der Waals surface area contributed by atoms with E-state index in [0.717, 1.165) is 12.1 Å². The summed E-state index contributed by atoms with van der Waals surface area (Å²) in [6.45, 7) is 1.95. The summed E-state index contributed by atoms with van der Waals surface area (Å²) in [6, 6.07) is 5.40. The Kier molecular flexibility index (Phi) is 3.61. The Morgan fingerprint density at radius 2 is 2.12 bits per heavy atom. The average molecular weight is 362 g/mol. The highest BCUT2D eigenvalue weighted by Gasteiger charge is 2.37. The van der Waals surface area contributed by atoms with Crippen LogP contribution in [0.4, 0.5) is 5.82 Å². The van der Waals surface area contributed by atoms with Crippen LogP contribution in [0, 0.1) is 9.87 Å². The lowest BCUT2D eigenvalue weighted by atomic mass is 9.83. The molecule has 2 aromatic rings. The van der Waals surface area contributed by atoms with Crippen molar-refractivity contribution in [1.29, 1.82) is 0 Å². The van der Waals surface area contributed by atoms with Crippen molar-refractivity contribution < 1.29 is 4.79 Å². The Morgan fingerprint density at radius 1 is 1.33 bits per heavy atom. The highest BCUT2D eigenvalue weighted by atomic mass is 32.1. The summed E-state index contributed by atoms with van der Waals surface area (Å²) in [4.78, 5) is 27.4. The topological polar surface area (TPSA) is 73.3 Å². The Bertz CT molecular complexity index is 942. The molecule has 0 saturated carbocycles. The van der Waals surface area contributed by atoms with Crippen molar-refractivity contribution in [2.75, 3.05) is 18.8 Å². The van der Waals surface area contributed by atoms with E-state index >= 15 is 0 Å². The van der Waals surface area contributed by atoms with Crippen LogP contribution in [0.15, 0.2) is 23.0 Å². The van der Waals surface area contributed by atoms with Crippen LogP contribution in [-0.2, 0) is 13.6 Å². The smallest absolute Gasteiger partial charge is 0.267 e. The summed E-state index contributed by atoms with van der Waals surface area (Å²) in [5.41, 5.74) is 7.12. The summed E-state index contributed by atoms with van der Waals surface area (Å²) < 4.78 is 4.14. The molecule has 0 spiro atoms. The van der Waals surface area contributed by atoms with Crippen molar-refractivity contribution in [2.24, 2.45) is 13.0 Å². The predicted molar refractivity (Wildman–Crippen MR) is 96.0 cm³/mol. The molecule has 2 unspecified atom stereocenters. The van der Waals surface area contributed by atoms with E-state index in [9.17, 15) is 9.59 Å². The molecular weight excluding hydrogens is 344 g/mol. The Labute approximate surface area is 148 Å². The minimum atomic E-state index is -0.0503. The molecule has 24 heavy (non-hydrogen) atoms. The first-order chi connectivity index (χ1) is 11.5. The van der Waals surface area contributed by atoms with Gasteiger partial charge in [0, 0.05) is 44.4 Å². The van der Waals surface area contributed by atoms with Gasteiger partial charge in [-0.05, 0) is 30.6 Å². The second-order valence-electron chi connectivity index (χ2n) is 6.55. The summed E-state index contributed by atoms with van der Waals surface area (Å²) >= 11 is 6.49. The molecule has 2 aromatic heterocycles. The molecule has 2 N–H and O–H groups in total. The number of carbonyl (C=O) groups is 1. The van der Waals surface area contributed by atoms with Crippen LogP contribution < -0.4 is 11.3 Å². The number of aromatic nitrogens is 2. The number of nitrogens with zero attached hydrogens (tertiary/aromatic N) is 3. The summed E-state index contributed by atoms with van der Waals surface area (Å²) in [6.07, 6.45) is 1.02. The van der Waals surface area contributed by atoms with E-state index in [1.807, 2.05) is 15.5 Å². The first-order valence-electron chi connectivity index (χ1n) is 7.90. The van der Waals surface area contributed by atoms with Crippen molar-refractivity contribution in [3.8, 4) is 0 Å². The number of amides is 1. The fraction of sp³-hybridized carbons (Fsp3) is 0.438. The van der Waals surface area contributed by atoms with Crippen molar-refractivity contribution in [3.05, 3.63) is 43.1 Å². The van der Waals surface area contributed by atoms with E-state index in [4.69, 9.17) is 18.0 Å². The van der Waals surface area contributed by atoms with E-state index in [2.05, 4.69) is 0 Å². The molecule has 0 aliphatic carbocycles. The summed E-state index contributed by atoms with van der Waals surface area (Å²) in [5, 5.41) is 0.